The number of nitrogens with one attached hydrogen (secondary N) is 2. The minimum Gasteiger partial charge on any atom is -0.378 e. The van der Waals surface area contributed by atoms with Crippen LogP contribution in [0.25, 0.3) is 0 Å². The van der Waals surface area contributed by atoms with E-state index in [4.69, 9.17) is 9.26 Å². The Labute approximate surface area is 92.5 Å². The topological polar surface area (TPSA) is 89.3 Å². The van der Waals surface area contributed by atoms with Gasteiger partial charge in [0, 0.05) is 26.1 Å². The zero-order chi connectivity index (χ0) is 11.4. The van der Waals surface area contributed by atoms with Gasteiger partial charge in [-0.05, 0) is 0 Å². The molecule has 1 aliphatic heterocycles. The number of morpholine rings is 1. The molecule has 1 aromatic heterocycles. The predicted molar refractivity (Wildman–Crippen MR) is 54.0 cm³/mol. The van der Waals surface area contributed by atoms with Crippen molar-refractivity contribution >= 4 is 5.91 Å². The molecule has 2 heterocycles. The lowest BCUT2D eigenvalue weighted by atomic mass is 10.3. The Bertz CT molecular complexity index is 359. The van der Waals surface area contributed by atoms with Gasteiger partial charge in [-0.1, -0.05) is 5.16 Å². The lowest BCUT2D eigenvalue weighted by Crippen LogP contribution is -2.48. The molecule has 0 saturated carbocycles. The van der Waals surface area contributed by atoms with Gasteiger partial charge in [0.25, 0.3) is 11.7 Å². The van der Waals surface area contributed by atoms with E-state index >= 15 is 0 Å². The summed E-state index contributed by atoms with van der Waals surface area (Å²) in [6, 6.07) is 0.144. The van der Waals surface area contributed by atoms with Gasteiger partial charge in [0.15, 0.2) is 0 Å². The van der Waals surface area contributed by atoms with Gasteiger partial charge in [0.1, 0.15) is 0 Å². The van der Waals surface area contributed by atoms with Crippen LogP contribution in [-0.2, 0) is 4.74 Å². The summed E-state index contributed by atoms with van der Waals surface area (Å²) < 4.78 is 9.98. The van der Waals surface area contributed by atoms with Crippen LogP contribution in [0, 0.1) is 6.92 Å². The third-order valence-electron chi connectivity index (χ3n) is 2.24. The van der Waals surface area contributed by atoms with Crippen LogP contribution in [0.3, 0.4) is 0 Å². The zero-order valence-electron chi connectivity index (χ0n) is 9.02. The second-order valence-electron chi connectivity index (χ2n) is 3.57. The molecule has 0 aliphatic carbocycles. The van der Waals surface area contributed by atoms with E-state index < -0.39 is 0 Å². The van der Waals surface area contributed by atoms with Gasteiger partial charge in [-0.3, -0.25) is 4.79 Å². The summed E-state index contributed by atoms with van der Waals surface area (Å²) in [6.45, 7) is 4.26. The summed E-state index contributed by atoms with van der Waals surface area (Å²) in [6.07, 6.45) is 0. The van der Waals surface area contributed by atoms with Crippen LogP contribution in [0.15, 0.2) is 4.52 Å². The van der Waals surface area contributed by atoms with Crippen LogP contribution in [0.2, 0.25) is 0 Å². The number of rotatable bonds is 3. The lowest BCUT2D eigenvalue weighted by molar-refractivity contribution is 0.0731. The zero-order valence-corrected chi connectivity index (χ0v) is 9.02. The van der Waals surface area contributed by atoms with Crippen LogP contribution >= 0.6 is 0 Å². The lowest BCUT2D eigenvalue weighted by Gasteiger charge is -2.23. The molecule has 1 aliphatic rings. The van der Waals surface area contributed by atoms with E-state index in [-0.39, 0.29) is 17.8 Å². The molecular weight excluding hydrogens is 212 g/mol. The van der Waals surface area contributed by atoms with E-state index in [1.807, 2.05) is 0 Å². The predicted octanol–water partition coefficient (Wildman–Crippen LogP) is -0.904. The standard InChI is InChI=1S/C9H14N4O3/c1-6-12-8(13-16-6)9(14)11-4-7-5-15-3-2-10-7/h7,10H,2-5H2,1H3,(H,11,14). The molecule has 1 aromatic rings. The monoisotopic (exact) mass is 226 g/mol. The van der Waals surface area contributed by atoms with Crippen LogP contribution in [0.5, 0.6) is 0 Å². The maximum Gasteiger partial charge on any atom is 0.292 e. The highest BCUT2D eigenvalue weighted by Crippen LogP contribution is 1.95. The smallest absolute Gasteiger partial charge is 0.292 e. The normalized spacial score (nSPS) is 20.7. The van der Waals surface area contributed by atoms with Crippen molar-refractivity contribution in [3.8, 4) is 0 Å². The highest BCUT2D eigenvalue weighted by Gasteiger charge is 2.17. The SMILES string of the molecule is Cc1nc(C(=O)NCC2COCCN2)no1. The number of nitrogens with zero attached hydrogens (tertiary/aromatic N) is 2. The maximum atomic E-state index is 11.5. The molecule has 0 bridgehead atoms. The van der Waals surface area contributed by atoms with Gasteiger partial charge in [0.2, 0.25) is 5.89 Å². The van der Waals surface area contributed by atoms with Gasteiger partial charge in [-0.2, -0.15) is 4.98 Å². The Kier molecular flexibility index (Phi) is 3.47. The van der Waals surface area contributed by atoms with Crippen molar-refractivity contribution in [2.45, 2.75) is 13.0 Å². The molecule has 7 heteroatoms. The van der Waals surface area contributed by atoms with Gasteiger partial charge >= 0.3 is 0 Å². The number of amides is 1. The third-order valence-corrected chi connectivity index (χ3v) is 2.24. The molecule has 0 aromatic carbocycles. The Morgan fingerprint density at radius 2 is 2.56 bits per heavy atom. The summed E-state index contributed by atoms with van der Waals surface area (Å²) in [4.78, 5) is 15.4. The van der Waals surface area contributed by atoms with E-state index in [0.717, 1.165) is 6.54 Å². The fourth-order valence-corrected chi connectivity index (χ4v) is 1.44. The molecule has 1 unspecified atom stereocenters. The van der Waals surface area contributed by atoms with Crippen molar-refractivity contribution < 1.29 is 14.1 Å². The van der Waals surface area contributed by atoms with E-state index in [2.05, 4.69) is 20.8 Å². The fraction of sp³-hybridized carbons (Fsp3) is 0.667. The summed E-state index contributed by atoms with van der Waals surface area (Å²) in [5.74, 6) is 0.114. The van der Waals surface area contributed by atoms with Crippen molar-refractivity contribution in [2.75, 3.05) is 26.3 Å². The highest BCUT2D eigenvalue weighted by molar-refractivity contribution is 5.90. The molecule has 1 fully saturated rings. The molecule has 2 N–H and O–H groups in total. The quantitative estimate of drug-likeness (QED) is 0.694. The fourth-order valence-electron chi connectivity index (χ4n) is 1.44. The van der Waals surface area contributed by atoms with Crippen LogP contribution in [-0.4, -0.2) is 48.4 Å². The van der Waals surface area contributed by atoms with E-state index in [1.165, 1.54) is 0 Å². The molecule has 0 radical (unpaired) electrons. The molecule has 2 rings (SSSR count). The van der Waals surface area contributed by atoms with Gasteiger partial charge < -0.3 is 19.9 Å². The maximum absolute atomic E-state index is 11.5. The first-order valence-electron chi connectivity index (χ1n) is 5.15. The van der Waals surface area contributed by atoms with E-state index in [1.54, 1.807) is 6.92 Å². The summed E-state index contributed by atoms with van der Waals surface area (Å²) in [5.41, 5.74) is 0. The number of aryl methyl sites for hydroxylation is 1. The first-order valence-corrected chi connectivity index (χ1v) is 5.15. The minimum atomic E-state index is -0.329. The molecule has 1 atom stereocenters. The van der Waals surface area contributed by atoms with Gasteiger partial charge in [0.05, 0.1) is 13.2 Å². The number of hydrogen-bond acceptors (Lipinski definition) is 6. The van der Waals surface area contributed by atoms with Crippen molar-refractivity contribution in [3.05, 3.63) is 11.7 Å². The minimum absolute atomic E-state index is 0.0641. The van der Waals surface area contributed by atoms with E-state index in [9.17, 15) is 4.79 Å². The molecular formula is C9H14N4O3. The summed E-state index contributed by atoms with van der Waals surface area (Å²) >= 11 is 0. The molecule has 16 heavy (non-hydrogen) atoms. The van der Waals surface area contributed by atoms with Crippen LogP contribution in [0.4, 0.5) is 0 Å². The number of ether oxygens (including phenoxy) is 1. The Balaban J connectivity index is 1.79. The highest BCUT2D eigenvalue weighted by atomic mass is 16.5. The van der Waals surface area contributed by atoms with Crippen molar-refractivity contribution in [2.24, 2.45) is 0 Å². The number of hydrogen-bond donors (Lipinski definition) is 2. The second-order valence-corrected chi connectivity index (χ2v) is 3.57. The molecule has 0 spiro atoms. The molecule has 1 saturated heterocycles. The first-order chi connectivity index (χ1) is 7.75. The van der Waals surface area contributed by atoms with Crippen molar-refractivity contribution in [1.29, 1.82) is 0 Å². The average molecular weight is 226 g/mol. The van der Waals surface area contributed by atoms with Crippen LogP contribution < -0.4 is 10.6 Å². The molecule has 1 amide bonds. The Hall–Kier alpha value is -1.47. The Morgan fingerprint density at radius 1 is 1.69 bits per heavy atom. The third kappa shape index (κ3) is 2.77. The number of aromatic nitrogens is 2. The first kappa shape index (κ1) is 11.0. The van der Waals surface area contributed by atoms with Gasteiger partial charge in [-0.15, -0.1) is 0 Å². The summed E-state index contributed by atoms with van der Waals surface area (Å²) in [7, 11) is 0. The Morgan fingerprint density at radius 3 is 3.19 bits per heavy atom. The second kappa shape index (κ2) is 5.04. The molecule has 7 nitrogen and oxygen atoms in total. The summed E-state index contributed by atoms with van der Waals surface area (Å²) in [5, 5.41) is 9.47. The van der Waals surface area contributed by atoms with Crippen LogP contribution in [0.1, 0.15) is 16.5 Å². The van der Waals surface area contributed by atoms with Crippen molar-refractivity contribution in [1.82, 2.24) is 20.8 Å². The van der Waals surface area contributed by atoms with Crippen molar-refractivity contribution in [3.63, 3.8) is 0 Å². The van der Waals surface area contributed by atoms with E-state index in [0.29, 0.717) is 25.6 Å². The van der Waals surface area contributed by atoms with Gasteiger partial charge in [-0.25, -0.2) is 0 Å². The number of carbonyl (C=O) groups excluding carboxylic acids is 1. The largest absolute Gasteiger partial charge is 0.378 e. The molecule has 88 valence electrons. The average Bonchev–Trinajstić information content (AvgIpc) is 2.74. The number of carbonyl (C=O) groups is 1.